The molecule has 0 saturated heterocycles. The predicted octanol–water partition coefficient (Wildman–Crippen LogP) is 1.09. The van der Waals surface area contributed by atoms with Crippen LogP contribution in [0, 0.1) is 0 Å². The van der Waals surface area contributed by atoms with Gasteiger partial charge in [0.25, 0.3) is 0 Å². The minimum Gasteiger partial charge on any atom is -0.388 e. The number of rotatable bonds is 1. The molecule has 1 aromatic rings. The molecule has 0 fully saturated rings. The van der Waals surface area contributed by atoms with Crippen molar-refractivity contribution in [2.24, 2.45) is 5.16 Å². The van der Waals surface area contributed by atoms with Gasteiger partial charge in [-0.25, -0.2) is 0 Å². The summed E-state index contributed by atoms with van der Waals surface area (Å²) < 4.78 is 0. The second kappa shape index (κ2) is 3.01. The second-order valence-electron chi connectivity index (χ2n) is 3.04. The van der Waals surface area contributed by atoms with Gasteiger partial charge in [0.15, 0.2) is 14.0 Å². The standard InChI is InChI=1S/C9H10BNO/c10-9-6-8(12-11-9)7-4-2-1-3-5-7/h1-5,8H,6,10H2. The van der Waals surface area contributed by atoms with Gasteiger partial charge in [-0.3, -0.25) is 0 Å². The molecular weight excluding hydrogens is 149 g/mol. The molecular formula is C9H10BNO. The molecule has 1 heterocycles. The summed E-state index contributed by atoms with van der Waals surface area (Å²) in [5.41, 5.74) is 2.28. The van der Waals surface area contributed by atoms with Gasteiger partial charge >= 0.3 is 0 Å². The number of hydrogen-bond acceptors (Lipinski definition) is 2. The van der Waals surface area contributed by atoms with Gasteiger partial charge < -0.3 is 4.84 Å². The van der Waals surface area contributed by atoms with Crippen LogP contribution in [0.3, 0.4) is 0 Å². The molecule has 0 radical (unpaired) electrons. The van der Waals surface area contributed by atoms with E-state index in [0.29, 0.717) is 0 Å². The van der Waals surface area contributed by atoms with Crippen molar-refractivity contribution in [2.75, 3.05) is 0 Å². The molecule has 0 spiro atoms. The van der Waals surface area contributed by atoms with E-state index >= 15 is 0 Å². The summed E-state index contributed by atoms with van der Waals surface area (Å²) in [5.74, 6) is 0. The first-order valence-corrected chi connectivity index (χ1v) is 4.10. The number of nitrogens with zero attached hydrogens (tertiary/aromatic N) is 1. The van der Waals surface area contributed by atoms with Gasteiger partial charge in [0, 0.05) is 12.0 Å². The molecule has 2 nitrogen and oxygen atoms in total. The predicted molar refractivity (Wildman–Crippen MR) is 50.9 cm³/mol. The maximum absolute atomic E-state index is 5.24. The first-order valence-electron chi connectivity index (χ1n) is 4.10. The third kappa shape index (κ3) is 1.35. The van der Waals surface area contributed by atoms with E-state index in [9.17, 15) is 0 Å². The van der Waals surface area contributed by atoms with Crippen LogP contribution >= 0.6 is 0 Å². The van der Waals surface area contributed by atoms with Gasteiger partial charge in [-0.1, -0.05) is 30.3 Å². The van der Waals surface area contributed by atoms with Gasteiger partial charge in [0.05, 0.1) is 0 Å². The monoisotopic (exact) mass is 159 g/mol. The Morgan fingerprint density at radius 2 is 2.08 bits per heavy atom. The Labute approximate surface area is 72.6 Å². The van der Waals surface area contributed by atoms with Crippen molar-refractivity contribution >= 4 is 13.5 Å². The summed E-state index contributed by atoms with van der Waals surface area (Å²) in [5, 5.41) is 3.91. The molecule has 0 bridgehead atoms. The van der Waals surface area contributed by atoms with Crippen LogP contribution in [-0.2, 0) is 4.84 Å². The van der Waals surface area contributed by atoms with E-state index in [0.717, 1.165) is 12.0 Å². The number of oxime groups is 1. The zero-order valence-corrected chi connectivity index (χ0v) is 7.03. The highest BCUT2D eigenvalue weighted by molar-refractivity contribution is 6.59. The molecule has 0 aliphatic carbocycles. The Morgan fingerprint density at radius 1 is 1.33 bits per heavy atom. The van der Waals surface area contributed by atoms with Crippen molar-refractivity contribution in [2.45, 2.75) is 12.5 Å². The van der Waals surface area contributed by atoms with Crippen LogP contribution in [0.15, 0.2) is 35.5 Å². The van der Waals surface area contributed by atoms with E-state index in [-0.39, 0.29) is 6.10 Å². The van der Waals surface area contributed by atoms with Crippen molar-refractivity contribution < 1.29 is 4.84 Å². The zero-order valence-electron chi connectivity index (χ0n) is 7.03. The van der Waals surface area contributed by atoms with Crippen LogP contribution in [0.5, 0.6) is 0 Å². The minimum atomic E-state index is 0.145. The fraction of sp³-hybridized carbons (Fsp3) is 0.222. The molecule has 60 valence electrons. The summed E-state index contributed by atoms with van der Waals surface area (Å²) in [6.07, 6.45) is 1.07. The van der Waals surface area contributed by atoms with Gasteiger partial charge in [-0.2, -0.15) is 0 Å². The average Bonchev–Trinajstić information content (AvgIpc) is 2.54. The minimum absolute atomic E-state index is 0.145. The third-order valence-corrected chi connectivity index (χ3v) is 1.99. The molecule has 3 heteroatoms. The van der Waals surface area contributed by atoms with E-state index in [2.05, 4.69) is 17.3 Å². The van der Waals surface area contributed by atoms with E-state index < -0.39 is 0 Å². The van der Waals surface area contributed by atoms with Crippen LogP contribution in [0.2, 0.25) is 0 Å². The van der Waals surface area contributed by atoms with Crippen LogP contribution in [0.25, 0.3) is 0 Å². The van der Waals surface area contributed by atoms with Crippen molar-refractivity contribution in [3.8, 4) is 0 Å². The van der Waals surface area contributed by atoms with Crippen LogP contribution in [0.4, 0.5) is 0 Å². The fourth-order valence-electron chi connectivity index (χ4n) is 1.34. The topological polar surface area (TPSA) is 21.6 Å². The largest absolute Gasteiger partial charge is 0.388 e. The Bertz CT molecular complexity index is 297. The number of hydrogen-bond donors (Lipinski definition) is 0. The lowest BCUT2D eigenvalue weighted by molar-refractivity contribution is 0.0858. The lowest BCUT2D eigenvalue weighted by Crippen LogP contribution is -1.98. The summed E-state index contributed by atoms with van der Waals surface area (Å²) in [7, 11) is 1.99. The molecule has 1 aromatic carbocycles. The first kappa shape index (κ1) is 7.41. The van der Waals surface area contributed by atoms with Gasteiger partial charge in [0.1, 0.15) is 0 Å². The Balaban J connectivity index is 2.14. The van der Waals surface area contributed by atoms with E-state index in [1.54, 1.807) is 0 Å². The molecule has 1 unspecified atom stereocenters. The Kier molecular flexibility index (Phi) is 1.86. The van der Waals surface area contributed by atoms with Crippen molar-refractivity contribution in [1.82, 2.24) is 0 Å². The van der Waals surface area contributed by atoms with Crippen molar-refractivity contribution in [3.05, 3.63) is 35.9 Å². The van der Waals surface area contributed by atoms with E-state index in [1.807, 2.05) is 26.0 Å². The van der Waals surface area contributed by atoms with Gasteiger partial charge in [-0.15, -0.1) is 5.16 Å². The molecule has 1 atom stereocenters. The Morgan fingerprint density at radius 3 is 2.67 bits per heavy atom. The maximum Gasteiger partial charge on any atom is 0.163 e. The Hall–Kier alpha value is -1.25. The molecule has 12 heavy (non-hydrogen) atoms. The lowest BCUT2D eigenvalue weighted by Gasteiger charge is -2.06. The quantitative estimate of drug-likeness (QED) is 0.562. The zero-order chi connectivity index (χ0) is 8.39. The first-order chi connectivity index (χ1) is 5.86. The highest BCUT2D eigenvalue weighted by Gasteiger charge is 2.18. The average molecular weight is 159 g/mol. The fourth-order valence-corrected chi connectivity index (χ4v) is 1.34. The normalized spacial score (nSPS) is 21.7. The SMILES string of the molecule is BC1=NOC(c2ccccc2)C1. The van der Waals surface area contributed by atoms with E-state index in [1.165, 1.54) is 5.56 Å². The molecule has 0 amide bonds. The second-order valence-corrected chi connectivity index (χ2v) is 3.04. The highest BCUT2D eigenvalue weighted by Crippen LogP contribution is 2.25. The highest BCUT2D eigenvalue weighted by atomic mass is 16.6. The van der Waals surface area contributed by atoms with Crippen molar-refractivity contribution in [1.29, 1.82) is 0 Å². The molecule has 1 aliphatic rings. The maximum atomic E-state index is 5.24. The summed E-state index contributed by atoms with van der Waals surface area (Å²) in [6, 6.07) is 10.2. The summed E-state index contributed by atoms with van der Waals surface area (Å²) >= 11 is 0. The van der Waals surface area contributed by atoms with E-state index in [4.69, 9.17) is 4.84 Å². The summed E-state index contributed by atoms with van der Waals surface area (Å²) in [4.78, 5) is 5.24. The van der Waals surface area contributed by atoms with Gasteiger partial charge in [-0.05, 0) is 5.56 Å². The summed E-state index contributed by atoms with van der Waals surface area (Å²) in [6.45, 7) is 0. The lowest BCUT2D eigenvalue weighted by atomic mass is 9.94. The van der Waals surface area contributed by atoms with Crippen LogP contribution in [0.1, 0.15) is 18.1 Å². The molecule has 2 rings (SSSR count). The molecule has 0 N–H and O–H groups in total. The van der Waals surface area contributed by atoms with Crippen LogP contribution < -0.4 is 0 Å². The molecule has 1 aliphatic heterocycles. The molecule has 0 saturated carbocycles. The number of benzene rings is 1. The molecule has 0 aromatic heterocycles. The van der Waals surface area contributed by atoms with Crippen LogP contribution in [-0.4, -0.2) is 13.5 Å². The third-order valence-electron chi connectivity index (χ3n) is 1.99. The van der Waals surface area contributed by atoms with Crippen molar-refractivity contribution in [3.63, 3.8) is 0 Å². The van der Waals surface area contributed by atoms with Gasteiger partial charge in [0.2, 0.25) is 0 Å². The smallest absolute Gasteiger partial charge is 0.163 e.